The Bertz CT molecular complexity index is 762. The quantitative estimate of drug-likeness (QED) is 0.442. The van der Waals surface area contributed by atoms with Gasteiger partial charge in [0.05, 0.1) is 0 Å². The fraction of sp³-hybridized carbons (Fsp3) is 0.800. The molecule has 5 rings (SSSR count). The van der Waals surface area contributed by atoms with Crippen molar-refractivity contribution >= 4 is 11.8 Å². The molecule has 0 N–H and O–H groups in total. The van der Waals surface area contributed by atoms with Crippen LogP contribution in [0.25, 0.3) is 0 Å². The third-order valence-corrected chi connectivity index (χ3v) is 9.41. The van der Waals surface area contributed by atoms with Crippen LogP contribution in [-0.4, -0.2) is 55.7 Å². The van der Waals surface area contributed by atoms with E-state index in [0.717, 1.165) is 51.4 Å². The van der Waals surface area contributed by atoms with Crippen LogP contribution >= 0.6 is 0 Å². The van der Waals surface area contributed by atoms with Crippen LogP contribution in [0, 0.1) is 0 Å². The van der Waals surface area contributed by atoms with Gasteiger partial charge in [-0.25, -0.2) is 9.97 Å². The Balaban J connectivity index is 1.39. The Morgan fingerprint density at radius 1 is 0.556 bits per heavy atom. The van der Waals surface area contributed by atoms with Gasteiger partial charge in [-0.3, -0.25) is 9.59 Å². The van der Waals surface area contributed by atoms with Crippen LogP contribution in [0.15, 0.2) is 12.3 Å². The molecule has 1 aromatic rings. The van der Waals surface area contributed by atoms with Crippen LogP contribution in [0.2, 0.25) is 0 Å². The first-order chi connectivity index (χ1) is 17.7. The summed E-state index contributed by atoms with van der Waals surface area (Å²) in [5.74, 6) is 0.196. The number of hydrogen-bond acceptors (Lipinski definition) is 4. The SMILES string of the molecule is O=C(c1ccnc(C(=O)N(C2CCCCC2)C2CCCCC2)n1)N(C1CCCCC1)C1CCCCC1. The van der Waals surface area contributed by atoms with Gasteiger partial charge in [0.15, 0.2) is 0 Å². The summed E-state index contributed by atoms with van der Waals surface area (Å²) in [4.78, 5) is 41.5. The van der Waals surface area contributed by atoms with Gasteiger partial charge in [-0.05, 0) is 57.4 Å². The molecule has 0 atom stereocenters. The minimum atomic E-state index is -0.0506. The molecule has 0 unspecified atom stereocenters. The van der Waals surface area contributed by atoms with Gasteiger partial charge in [0, 0.05) is 30.4 Å². The highest BCUT2D eigenvalue weighted by molar-refractivity contribution is 5.95. The number of hydrogen-bond donors (Lipinski definition) is 0. The Labute approximate surface area is 217 Å². The first kappa shape index (κ1) is 25.7. The summed E-state index contributed by atoms with van der Waals surface area (Å²) < 4.78 is 0. The summed E-state index contributed by atoms with van der Waals surface area (Å²) in [7, 11) is 0. The fourth-order valence-electron chi connectivity index (χ4n) is 7.53. The molecular weight excluding hydrogens is 448 g/mol. The maximum atomic E-state index is 14.0. The maximum Gasteiger partial charge on any atom is 0.292 e. The topological polar surface area (TPSA) is 66.4 Å². The van der Waals surface area contributed by atoms with Crippen LogP contribution in [0.3, 0.4) is 0 Å². The second-order valence-corrected chi connectivity index (χ2v) is 11.9. The van der Waals surface area contributed by atoms with Crippen molar-refractivity contribution in [1.82, 2.24) is 19.8 Å². The van der Waals surface area contributed by atoms with Gasteiger partial charge < -0.3 is 9.80 Å². The summed E-state index contributed by atoms with van der Waals surface area (Å²) in [6.45, 7) is 0. The second-order valence-electron chi connectivity index (χ2n) is 11.9. The molecule has 4 saturated carbocycles. The monoisotopic (exact) mass is 494 g/mol. The van der Waals surface area contributed by atoms with E-state index in [1.807, 2.05) is 0 Å². The van der Waals surface area contributed by atoms with E-state index in [0.29, 0.717) is 29.9 Å². The van der Waals surface area contributed by atoms with Crippen molar-refractivity contribution in [2.75, 3.05) is 0 Å². The molecule has 6 nitrogen and oxygen atoms in total. The first-order valence-electron chi connectivity index (χ1n) is 15.2. The Morgan fingerprint density at radius 3 is 1.31 bits per heavy atom. The Kier molecular flexibility index (Phi) is 8.92. The Morgan fingerprint density at radius 2 is 0.917 bits per heavy atom. The van der Waals surface area contributed by atoms with E-state index < -0.39 is 0 Å². The molecule has 198 valence electrons. The molecule has 36 heavy (non-hydrogen) atoms. The highest BCUT2D eigenvalue weighted by Gasteiger charge is 2.36. The molecule has 4 aliphatic carbocycles. The minimum Gasteiger partial charge on any atom is -0.331 e. The number of rotatable bonds is 6. The molecule has 6 heteroatoms. The van der Waals surface area contributed by atoms with Crippen molar-refractivity contribution in [3.05, 3.63) is 23.8 Å². The van der Waals surface area contributed by atoms with Gasteiger partial charge in [-0.2, -0.15) is 0 Å². The largest absolute Gasteiger partial charge is 0.331 e. The van der Waals surface area contributed by atoms with Crippen molar-refractivity contribution in [2.24, 2.45) is 0 Å². The van der Waals surface area contributed by atoms with Gasteiger partial charge in [-0.1, -0.05) is 77.0 Å². The summed E-state index contributed by atoms with van der Waals surface area (Å²) in [6, 6.07) is 2.94. The molecule has 0 spiro atoms. The third-order valence-electron chi connectivity index (χ3n) is 9.41. The molecule has 0 aliphatic heterocycles. The van der Waals surface area contributed by atoms with Gasteiger partial charge in [0.25, 0.3) is 11.8 Å². The molecule has 0 aromatic carbocycles. The summed E-state index contributed by atoms with van der Waals surface area (Å²) in [6.07, 6.45) is 25.0. The predicted molar refractivity (Wildman–Crippen MR) is 142 cm³/mol. The van der Waals surface area contributed by atoms with E-state index in [4.69, 9.17) is 4.98 Å². The molecule has 0 bridgehead atoms. The highest BCUT2D eigenvalue weighted by atomic mass is 16.2. The zero-order chi connectivity index (χ0) is 24.7. The van der Waals surface area contributed by atoms with E-state index in [2.05, 4.69) is 14.8 Å². The van der Waals surface area contributed by atoms with Crippen LogP contribution in [0.5, 0.6) is 0 Å². The standard InChI is InChI=1S/C30H46N4O2/c35-29(33(23-13-5-1-6-14-23)24-15-7-2-8-16-24)27-21-22-31-28(32-27)30(36)34(25-17-9-3-10-18-25)26-19-11-4-12-20-26/h21-26H,1-20H2. The van der Waals surface area contributed by atoms with Crippen molar-refractivity contribution in [1.29, 1.82) is 0 Å². The van der Waals surface area contributed by atoms with E-state index >= 15 is 0 Å². The lowest BCUT2D eigenvalue weighted by atomic mass is 9.88. The van der Waals surface area contributed by atoms with Gasteiger partial charge in [0.2, 0.25) is 5.82 Å². The van der Waals surface area contributed by atoms with Gasteiger partial charge in [-0.15, -0.1) is 0 Å². The second kappa shape index (κ2) is 12.5. The van der Waals surface area contributed by atoms with E-state index in [1.54, 1.807) is 12.3 Å². The van der Waals surface area contributed by atoms with Crippen molar-refractivity contribution in [3.63, 3.8) is 0 Å². The van der Waals surface area contributed by atoms with Crippen molar-refractivity contribution in [2.45, 2.75) is 153 Å². The predicted octanol–water partition coefficient (Wildman–Crippen LogP) is 6.69. The smallest absolute Gasteiger partial charge is 0.292 e. The number of carbonyl (C=O) groups excluding carboxylic acids is 2. The van der Waals surface area contributed by atoms with Crippen LogP contribution < -0.4 is 0 Å². The maximum absolute atomic E-state index is 14.0. The lowest BCUT2D eigenvalue weighted by Crippen LogP contribution is -2.50. The summed E-state index contributed by atoms with van der Waals surface area (Å²) >= 11 is 0. The summed E-state index contributed by atoms with van der Waals surface area (Å²) in [5.41, 5.74) is 0.414. The molecule has 1 aromatic heterocycles. The normalized spacial score (nSPS) is 23.3. The molecule has 1 heterocycles. The average molecular weight is 495 g/mol. The molecule has 4 fully saturated rings. The van der Waals surface area contributed by atoms with E-state index in [1.165, 1.54) is 77.0 Å². The molecule has 0 saturated heterocycles. The minimum absolute atomic E-state index is 0.0205. The highest BCUT2D eigenvalue weighted by Crippen LogP contribution is 2.33. The zero-order valence-corrected chi connectivity index (χ0v) is 22.2. The molecule has 2 amide bonds. The first-order valence-corrected chi connectivity index (χ1v) is 15.2. The molecule has 0 radical (unpaired) electrons. The third kappa shape index (κ3) is 5.94. The number of nitrogens with zero attached hydrogens (tertiary/aromatic N) is 4. The van der Waals surface area contributed by atoms with Crippen LogP contribution in [0.1, 0.15) is 150 Å². The molecular formula is C30H46N4O2. The van der Waals surface area contributed by atoms with E-state index in [9.17, 15) is 9.59 Å². The lowest BCUT2D eigenvalue weighted by Gasteiger charge is -2.42. The Hall–Kier alpha value is -1.98. The van der Waals surface area contributed by atoms with Crippen LogP contribution in [0.4, 0.5) is 0 Å². The number of carbonyl (C=O) groups is 2. The van der Waals surface area contributed by atoms with Crippen molar-refractivity contribution < 1.29 is 9.59 Å². The van der Waals surface area contributed by atoms with Crippen LogP contribution in [-0.2, 0) is 0 Å². The average Bonchev–Trinajstić information content (AvgIpc) is 2.96. The fourth-order valence-corrected chi connectivity index (χ4v) is 7.53. The van der Waals surface area contributed by atoms with Gasteiger partial charge in [0.1, 0.15) is 5.69 Å². The summed E-state index contributed by atoms with van der Waals surface area (Å²) in [5, 5.41) is 0. The lowest BCUT2D eigenvalue weighted by molar-refractivity contribution is 0.0429. The molecule has 4 aliphatic rings. The number of amides is 2. The zero-order valence-electron chi connectivity index (χ0n) is 22.2. The van der Waals surface area contributed by atoms with Crippen molar-refractivity contribution in [3.8, 4) is 0 Å². The number of aromatic nitrogens is 2. The van der Waals surface area contributed by atoms with Gasteiger partial charge >= 0.3 is 0 Å². The van der Waals surface area contributed by atoms with E-state index in [-0.39, 0.29) is 17.6 Å².